The van der Waals surface area contributed by atoms with Crippen molar-refractivity contribution in [2.45, 2.75) is 33.3 Å². The van der Waals surface area contributed by atoms with Crippen molar-refractivity contribution in [1.82, 2.24) is 9.97 Å². The molecule has 8 heteroatoms. The average Bonchev–Trinajstić information content (AvgIpc) is 2.78. The Morgan fingerprint density at radius 2 is 2.06 bits per heavy atom. The van der Waals surface area contributed by atoms with Gasteiger partial charge < -0.3 is 19.8 Å². The smallest absolute Gasteiger partial charge is 0.266 e. The average molecular weight is 432 g/mol. The van der Waals surface area contributed by atoms with Gasteiger partial charge in [-0.15, -0.1) is 0 Å². The van der Waals surface area contributed by atoms with E-state index in [1.807, 2.05) is 18.2 Å². The number of hydrogen-bond acceptors (Lipinski definition) is 6. The Bertz CT molecular complexity index is 1210. The minimum absolute atomic E-state index is 0.0802. The normalized spacial score (nSPS) is 10.3. The third kappa shape index (κ3) is 5.32. The van der Waals surface area contributed by atoms with E-state index < -0.39 is 5.56 Å². The number of nitrogens with zero attached hydrogens (tertiary/aromatic N) is 2. The summed E-state index contributed by atoms with van der Waals surface area (Å²) in [4.78, 5) is 31.2. The van der Waals surface area contributed by atoms with Crippen LogP contribution in [0.25, 0.3) is 0 Å². The number of aromatic nitrogens is 2. The molecule has 164 valence electrons. The first-order valence-corrected chi connectivity index (χ1v) is 10.0. The number of anilines is 1. The second-order valence-electron chi connectivity index (χ2n) is 7.23. The number of aryl methyl sites for hydroxylation is 1. The van der Waals surface area contributed by atoms with E-state index in [2.05, 4.69) is 15.3 Å². The van der Waals surface area contributed by atoms with Crippen molar-refractivity contribution in [3.05, 3.63) is 81.0 Å². The second-order valence-corrected chi connectivity index (χ2v) is 7.23. The molecule has 2 heterocycles. The van der Waals surface area contributed by atoms with Crippen LogP contribution >= 0.6 is 0 Å². The number of ether oxygens (including phenoxy) is 2. The molecule has 0 aliphatic carbocycles. The molecule has 32 heavy (non-hydrogen) atoms. The molecule has 1 aromatic carbocycles. The molecule has 0 spiro atoms. The zero-order valence-corrected chi connectivity index (χ0v) is 18.2. The number of benzene rings is 1. The van der Waals surface area contributed by atoms with Gasteiger partial charge in [0.25, 0.3) is 5.56 Å². The number of H-pyrrole nitrogens is 1. The third-order valence-electron chi connectivity index (χ3n) is 5.09. The van der Waals surface area contributed by atoms with E-state index in [1.54, 1.807) is 51.6 Å². The second kappa shape index (κ2) is 10.3. The lowest BCUT2D eigenvalue weighted by molar-refractivity contribution is -0.116. The number of hydrogen-bond donors (Lipinski definition) is 2. The maximum Gasteiger partial charge on any atom is 0.266 e. The van der Waals surface area contributed by atoms with Gasteiger partial charge in [0.1, 0.15) is 18.2 Å². The lowest BCUT2D eigenvalue weighted by Gasteiger charge is -2.14. The highest BCUT2D eigenvalue weighted by Gasteiger charge is 2.14. The quantitative estimate of drug-likeness (QED) is 0.563. The molecule has 0 radical (unpaired) electrons. The maximum atomic E-state index is 12.5. The van der Waals surface area contributed by atoms with Crippen LogP contribution in [-0.4, -0.2) is 23.0 Å². The minimum atomic E-state index is -0.409. The Kier molecular flexibility index (Phi) is 7.24. The Morgan fingerprint density at radius 3 is 2.75 bits per heavy atom. The lowest BCUT2D eigenvalue weighted by atomic mass is 9.99. The van der Waals surface area contributed by atoms with Crippen LogP contribution in [0.3, 0.4) is 0 Å². The van der Waals surface area contributed by atoms with Crippen LogP contribution in [0.2, 0.25) is 0 Å². The van der Waals surface area contributed by atoms with Crippen LogP contribution in [-0.2, 0) is 17.8 Å². The predicted octanol–water partition coefficient (Wildman–Crippen LogP) is 3.42. The number of rotatable bonds is 8. The highest BCUT2D eigenvalue weighted by atomic mass is 16.5. The van der Waals surface area contributed by atoms with Gasteiger partial charge in [0.05, 0.1) is 7.11 Å². The molecule has 2 N–H and O–H groups in total. The van der Waals surface area contributed by atoms with E-state index in [0.717, 1.165) is 11.1 Å². The lowest BCUT2D eigenvalue weighted by Crippen LogP contribution is -2.18. The van der Waals surface area contributed by atoms with E-state index in [4.69, 9.17) is 9.47 Å². The number of nitriles is 1. The summed E-state index contributed by atoms with van der Waals surface area (Å²) in [6.07, 6.45) is 4.00. The summed E-state index contributed by atoms with van der Waals surface area (Å²) in [5, 5.41) is 12.1. The Labute approximate surface area is 185 Å². The van der Waals surface area contributed by atoms with Crippen LogP contribution in [0, 0.1) is 25.2 Å². The van der Waals surface area contributed by atoms with Gasteiger partial charge in [0.2, 0.25) is 5.91 Å². The standard InChI is InChI=1S/C24H24N4O4/c1-15-19(16(2)27-24(30)20(15)12-25)7-9-23(29)28-18-6-8-21(31-3)22(11-18)32-14-17-5-4-10-26-13-17/h4-6,8,10-11,13H,7,9,14H2,1-3H3,(H,27,30)(H,28,29). The molecule has 0 saturated carbocycles. The highest BCUT2D eigenvalue weighted by Crippen LogP contribution is 2.31. The number of pyridine rings is 2. The molecule has 0 aliphatic rings. The Hall–Kier alpha value is -4.12. The number of methoxy groups -OCH3 is 1. The SMILES string of the molecule is COc1ccc(NC(=O)CCc2c(C)[nH]c(=O)c(C#N)c2C)cc1OCc1cccnc1. The van der Waals surface area contributed by atoms with Crippen LogP contribution in [0.5, 0.6) is 11.5 Å². The fourth-order valence-electron chi connectivity index (χ4n) is 3.39. The fourth-order valence-corrected chi connectivity index (χ4v) is 3.39. The monoisotopic (exact) mass is 432 g/mol. The van der Waals surface area contributed by atoms with Gasteiger partial charge in [0.15, 0.2) is 11.5 Å². The van der Waals surface area contributed by atoms with E-state index >= 15 is 0 Å². The molecule has 0 fully saturated rings. The first kappa shape index (κ1) is 22.6. The van der Waals surface area contributed by atoms with Crippen molar-refractivity contribution >= 4 is 11.6 Å². The molecule has 1 amide bonds. The van der Waals surface area contributed by atoms with Crippen molar-refractivity contribution in [3.63, 3.8) is 0 Å². The summed E-state index contributed by atoms with van der Waals surface area (Å²) in [6, 6.07) is 10.8. The number of aromatic amines is 1. The molecule has 3 rings (SSSR count). The third-order valence-corrected chi connectivity index (χ3v) is 5.09. The summed E-state index contributed by atoms with van der Waals surface area (Å²) in [5.41, 5.74) is 3.22. The first-order valence-electron chi connectivity index (χ1n) is 10.0. The van der Waals surface area contributed by atoms with E-state index in [-0.39, 0.29) is 17.9 Å². The predicted molar refractivity (Wildman–Crippen MR) is 120 cm³/mol. The van der Waals surface area contributed by atoms with Gasteiger partial charge in [-0.25, -0.2) is 0 Å². The van der Waals surface area contributed by atoms with E-state index in [1.165, 1.54) is 0 Å². The molecule has 8 nitrogen and oxygen atoms in total. The van der Waals surface area contributed by atoms with Crippen molar-refractivity contribution < 1.29 is 14.3 Å². The van der Waals surface area contributed by atoms with Crippen LogP contribution in [0.4, 0.5) is 5.69 Å². The largest absolute Gasteiger partial charge is 0.493 e. The van der Waals surface area contributed by atoms with E-state index in [0.29, 0.717) is 41.5 Å². The van der Waals surface area contributed by atoms with Crippen LogP contribution < -0.4 is 20.3 Å². The summed E-state index contributed by atoms with van der Waals surface area (Å²) in [5.74, 6) is 0.854. The number of carbonyl (C=O) groups is 1. The first-order chi connectivity index (χ1) is 15.4. The molecular weight excluding hydrogens is 408 g/mol. The van der Waals surface area contributed by atoms with Crippen LogP contribution in [0.15, 0.2) is 47.5 Å². The van der Waals surface area contributed by atoms with Gasteiger partial charge >= 0.3 is 0 Å². The van der Waals surface area contributed by atoms with Gasteiger partial charge in [-0.2, -0.15) is 5.26 Å². The molecule has 0 bridgehead atoms. The van der Waals surface area contributed by atoms with Gasteiger partial charge in [-0.3, -0.25) is 14.6 Å². The van der Waals surface area contributed by atoms with Crippen molar-refractivity contribution in [2.75, 3.05) is 12.4 Å². The minimum Gasteiger partial charge on any atom is -0.493 e. The maximum absolute atomic E-state index is 12.5. The fraction of sp³-hybridized carbons (Fsp3) is 0.250. The summed E-state index contributed by atoms with van der Waals surface area (Å²) >= 11 is 0. The van der Waals surface area contributed by atoms with Crippen molar-refractivity contribution in [3.8, 4) is 17.6 Å². The molecule has 2 aromatic heterocycles. The van der Waals surface area contributed by atoms with Gasteiger partial charge in [-0.1, -0.05) is 6.07 Å². The zero-order valence-electron chi connectivity index (χ0n) is 18.2. The molecule has 0 atom stereocenters. The Balaban J connectivity index is 1.68. The highest BCUT2D eigenvalue weighted by molar-refractivity contribution is 5.91. The summed E-state index contributed by atoms with van der Waals surface area (Å²) in [6.45, 7) is 3.80. The van der Waals surface area contributed by atoms with Crippen LogP contribution in [0.1, 0.15) is 34.4 Å². The van der Waals surface area contributed by atoms with Gasteiger partial charge in [-0.05, 0) is 49.6 Å². The zero-order chi connectivity index (χ0) is 23.1. The molecule has 3 aromatic rings. The molecule has 0 saturated heterocycles. The Morgan fingerprint density at radius 1 is 1.25 bits per heavy atom. The summed E-state index contributed by atoms with van der Waals surface area (Å²) < 4.78 is 11.2. The molecule has 0 aliphatic heterocycles. The van der Waals surface area contributed by atoms with Crippen molar-refractivity contribution in [1.29, 1.82) is 5.26 Å². The molecular formula is C24H24N4O4. The number of nitrogens with one attached hydrogen (secondary N) is 2. The van der Waals surface area contributed by atoms with Crippen molar-refractivity contribution in [2.24, 2.45) is 0 Å². The molecule has 0 unspecified atom stereocenters. The summed E-state index contributed by atoms with van der Waals surface area (Å²) in [7, 11) is 1.55. The topological polar surface area (TPSA) is 117 Å². The van der Waals surface area contributed by atoms with E-state index in [9.17, 15) is 14.9 Å². The van der Waals surface area contributed by atoms with Gasteiger partial charge in [0, 0.05) is 41.8 Å². The number of amides is 1. The number of carbonyl (C=O) groups excluding carboxylic acids is 1.